The Bertz CT molecular complexity index is 222. The molecule has 0 spiro atoms. The Morgan fingerprint density at radius 1 is 1.26 bits per heavy atom. The summed E-state index contributed by atoms with van der Waals surface area (Å²) in [5.41, 5.74) is 0. The van der Waals surface area contributed by atoms with Crippen molar-refractivity contribution in [2.45, 2.75) is 45.2 Å². The van der Waals surface area contributed by atoms with Gasteiger partial charge in [-0.15, -0.1) is 0 Å². The van der Waals surface area contributed by atoms with Gasteiger partial charge in [-0.3, -0.25) is 4.90 Å². The summed E-state index contributed by atoms with van der Waals surface area (Å²) in [6.07, 6.45) is 3.94. The van der Waals surface area contributed by atoms with Crippen molar-refractivity contribution in [2.75, 3.05) is 47.1 Å². The van der Waals surface area contributed by atoms with E-state index in [-0.39, 0.29) is 0 Å². The largest absolute Gasteiger partial charge is 0.383 e. The van der Waals surface area contributed by atoms with Crippen molar-refractivity contribution >= 4 is 0 Å². The van der Waals surface area contributed by atoms with Crippen molar-refractivity contribution in [3.63, 3.8) is 0 Å². The Morgan fingerprint density at radius 3 is 2.53 bits per heavy atom. The molecule has 1 N–H and O–H groups in total. The number of nitrogens with one attached hydrogen (secondary N) is 1. The van der Waals surface area contributed by atoms with E-state index in [9.17, 15) is 0 Å². The minimum absolute atomic E-state index is 0.419. The number of hydrogen-bond donors (Lipinski definition) is 1. The van der Waals surface area contributed by atoms with Crippen LogP contribution in [0, 0.1) is 5.92 Å². The fourth-order valence-electron chi connectivity index (χ4n) is 2.56. The molecule has 1 aliphatic carbocycles. The van der Waals surface area contributed by atoms with Crippen LogP contribution in [0.5, 0.6) is 0 Å². The zero-order valence-electron chi connectivity index (χ0n) is 13.2. The quantitative estimate of drug-likeness (QED) is 0.587. The Morgan fingerprint density at radius 2 is 2.00 bits per heavy atom. The molecule has 114 valence electrons. The highest BCUT2D eigenvalue weighted by Gasteiger charge is 2.32. The van der Waals surface area contributed by atoms with Gasteiger partial charge in [-0.2, -0.15) is 0 Å². The molecule has 1 aliphatic rings. The first-order valence-electron chi connectivity index (χ1n) is 7.68. The number of hydrogen-bond acceptors (Lipinski definition) is 4. The fraction of sp³-hybridized carbons (Fsp3) is 1.00. The second kappa shape index (κ2) is 9.70. The average Bonchev–Trinajstić information content (AvgIpc) is 3.24. The molecule has 1 fully saturated rings. The molecule has 0 radical (unpaired) electrons. The first kappa shape index (κ1) is 16.9. The highest BCUT2D eigenvalue weighted by Crippen LogP contribution is 2.35. The summed E-state index contributed by atoms with van der Waals surface area (Å²) in [4.78, 5) is 2.56. The molecule has 19 heavy (non-hydrogen) atoms. The lowest BCUT2D eigenvalue weighted by Crippen LogP contribution is -2.48. The van der Waals surface area contributed by atoms with Crippen LogP contribution < -0.4 is 5.32 Å². The van der Waals surface area contributed by atoms with E-state index in [1.54, 1.807) is 14.2 Å². The molecule has 0 saturated heterocycles. The van der Waals surface area contributed by atoms with Crippen molar-refractivity contribution in [3.05, 3.63) is 0 Å². The minimum Gasteiger partial charge on any atom is -0.383 e. The molecule has 2 atom stereocenters. The third-order valence-electron chi connectivity index (χ3n) is 3.97. The van der Waals surface area contributed by atoms with Crippen LogP contribution in [0.25, 0.3) is 0 Å². The highest BCUT2D eigenvalue weighted by atomic mass is 16.5. The Kier molecular flexibility index (Phi) is 8.62. The summed E-state index contributed by atoms with van der Waals surface area (Å²) in [5.74, 6) is 0.895. The van der Waals surface area contributed by atoms with E-state index in [0.717, 1.165) is 45.2 Å². The molecular formula is C15H32N2O2. The lowest BCUT2D eigenvalue weighted by Gasteiger charge is -2.32. The SMILES string of the molecule is CCCNC(COC)CN(CCOC)C(C)C1CC1. The lowest BCUT2D eigenvalue weighted by atomic mass is 10.1. The number of methoxy groups -OCH3 is 2. The molecule has 0 aromatic rings. The number of nitrogens with zero attached hydrogens (tertiary/aromatic N) is 1. The van der Waals surface area contributed by atoms with Crippen LogP contribution in [0.3, 0.4) is 0 Å². The van der Waals surface area contributed by atoms with Gasteiger partial charge in [0, 0.05) is 39.4 Å². The topological polar surface area (TPSA) is 33.7 Å². The van der Waals surface area contributed by atoms with Gasteiger partial charge in [0.05, 0.1) is 13.2 Å². The molecule has 0 bridgehead atoms. The normalized spacial score (nSPS) is 18.8. The van der Waals surface area contributed by atoms with Gasteiger partial charge in [0.2, 0.25) is 0 Å². The van der Waals surface area contributed by atoms with Crippen molar-refractivity contribution < 1.29 is 9.47 Å². The predicted molar refractivity (Wildman–Crippen MR) is 79.6 cm³/mol. The maximum Gasteiger partial charge on any atom is 0.0628 e. The van der Waals surface area contributed by atoms with Crippen LogP contribution in [0.4, 0.5) is 0 Å². The molecule has 4 nitrogen and oxygen atoms in total. The van der Waals surface area contributed by atoms with Gasteiger partial charge in [-0.25, -0.2) is 0 Å². The molecule has 0 aromatic heterocycles. The molecule has 1 rings (SSSR count). The van der Waals surface area contributed by atoms with Gasteiger partial charge in [0.15, 0.2) is 0 Å². The van der Waals surface area contributed by atoms with Gasteiger partial charge >= 0.3 is 0 Å². The lowest BCUT2D eigenvalue weighted by molar-refractivity contribution is 0.0873. The zero-order valence-corrected chi connectivity index (χ0v) is 13.2. The Labute approximate surface area is 118 Å². The standard InChI is InChI=1S/C15H32N2O2/c1-5-8-16-15(12-19-4)11-17(9-10-18-3)13(2)14-6-7-14/h13-16H,5-12H2,1-4H3. The minimum atomic E-state index is 0.419. The van der Waals surface area contributed by atoms with E-state index in [4.69, 9.17) is 9.47 Å². The summed E-state index contributed by atoms with van der Waals surface area (Å²) < 4.78 is 10.6. The first-order chi connectivity index (χ1) is 9.22. The summed E-state index contributed by atoms with van der Waals surface area (Å²) in [5, 5.41) is 3.58. The molecule has 2 unspecified atom stereocenters. The first-order valence-corrected chi connectivity index (χ1v) is 7.68. The maximum absolute atomic E-state index is 5.34. The number of rotatable bonds is 12. The van der Waals surface area contributed by atoms with E-state index in [1.807, 2.05) is 0 Å². The van der Waals surface area contributed by atoms with Crippen LogP contribution in [-0.2, 0) is 9.47 Å². The van der Waals surface area contributed by atoms with Crippen molar-refractivity contribution in [1.29, 1.82) is 0 Å². The smallest absolute Gasteiger partial charge is 0.0628 e. The van der Waals surface area contributed by atoms with Gasteiger partial charge in [-0.1, -0.05) is 6.92 Å². The Balaban J connectivity index is 2.45. The second-order valence-electron chi connectivity index (χ2n) is 5.67. The molecular weight excluding hydrogens is 240 g/mol. The van der Waals surface area contributed by atoms with Gasteiger partial charge in [-0.05, 0) is 38.6 Å². The molecule has 4 heteroatoms. The van der Waals surface area contributed by atoms with Crippen molar-refractivity contribution in [3.8, 4) is 0 Å². The molecule has 1 saturated carbocycles. The number of ether oxygens (including phenoxy) is 2. The van der Waals surface area contributed by atoms with Crippen LogP contribution >= 0.6 is 0 Å². The highest BCUT2D eigenvalue weighted by molar-refractivity contribution is 4.87. The van der Waals surface area contributed by atoms with Crippen molar-refractivity contribution in [1.82, 2.24) is 10.2 Å². The summed E-state index contributed by atoms with van der Waals surface area (Å²) in [7, 11) is 3.56. The third kappa shape index (κ3) is 6.70. The van der Waals surface area contributed by atoms with Crippen molar-refractivity contribution in [2.24, 2.45) is 5.92 Å². The monoisotopic (exact) mass is 272 g/mol. The summed E-state index contributed by atoms with van der Waals surface area (Å²) in [6.45, 7) is 9.27. The third-order valence-corrected chi connectivity index (χ3v) is 3.97. The second-order valence-corrected chi connectivity index (χ2v) is 5.67. The van der Waals surface area contributed by atoms with Gasteiger partial charge in [0.25, 0.3) is 0 Å². The maximum atomic E-state index is 5.34. The van der Waals surface area contributed by atoms with Crippen LogP contribution in [0.2, 0.25) is 0 Å². The van der Waals surface area contributed by atoms with E-state index >= 15 is 0 Å². The summed E-state index contributed by atoms with van der Waals surface area (Å²) in [6, 6.07) is 1.08. The van der Waals surface area contributed by atoms with Crippen LogP contribution in [-0.4, -0.2) is 64.1 Å². The fourth-order valence-corrected chi connectivity index (χ4v) is 2.56. The van der Waals surface area contributed by atoms with Gasteiger partial charge in [0.1, 0.15) is 0 Å². The average molecular weight is 272 g/mol. The predicted octanol–water partition coefficient (Wildman–Crippen LogP) is 1.75. The van der Waals surface area contributed by atoms with E-state index in [0.29, 0.717) is 12.1 Å². The molecule has 0 amide bonds. The van der Waals surface area contributed by atoms with E-state index in [2.05, 4.69) is 24.1 Å². The summed E-state index contributed by atoms with van der Waals surface area (Å²) >= 11 is 0. The van der Waals surface area contributed by atoms with E-state index in [1.165, 1.54) is 12.8 Å². The van der Waals surface area contributed by atoms with Crippen LogP contribution in [0.15, 0.2) is 0 Å². The molecule has 0 aliphatic heterocycles. The van der Waals surface area contributed by atoms with Gasteiger partial charge < -0.3 is 14.8 Å². The zero-order chi connectivity index (χ0) is 14.1. The molecule has 0 aromatic carbocycles. The van der Waals surface area contributed by atoms with E-state index < -0.39 is 0 Å². The molecule has 0 heterocycles. The van der Waals surface area contributed by atoms with Crippen LogP contribution in [0.1, 0.15) is 33.1 Å². The Hall–Kier alpha value is -0.160.